The molecule has 0 aliphatic carbocycles. The van der Waals surface area contributed by atoms with Gasteiger partial charge >= 0.3 is 0 Å². The number of methoxy groups -OCH3 is 1. The van der Waals surface area contributed by atoms with Crippen LogP contribution in [0.5, 0.6) is 5.75 Å². The molecule has 0 saturated carbocycles. The van der Waals surface area contributed by atoms with Gasteiger partial charge in [0.1, 0.15) is 11.6 Å². The van der Waals surface area contributed by atoms with Crippen molar-refractivity contribution in [3.63, 3.8) is 0 Å². The summed E-state index contributed by atoms with van der Waals surface area (Å²) in [7, 11) is 1.32. The van der Waals surface area contributed by atoms with Gasteiger partial charge in [0.2, 0.25) is 0 Å². The number of carbonyl (C=O) groups excluding carboxylic acids is 2. The van der Waals surface area contributed by atoms with Crippen molar-refractivity contribution in [2.75, 3.05) is 7.11 Å². The number of ether oxygens (including phenoxy) is 1. The molecule has 14 heavy (non-hydrogen) atoms. The van der Waals surface area contributed by atoms with Crippen LogP contribution in [0.3, 0.4) is 0 Å². The van der Waals surface area contributed by atoms with Gasteiger partial charge in [-0.2, -0.15) is 0 Å². The van der Waals surface area contributed by atoms with Gasteiger partial charge in [0.05, 0.1) is 12.7 Å². The second-order valence-electron chi connectivity index (χ2n) is 2.75. The number of halogens is 1. The topological polar surface area (TPSA) is 43.4 Å². The third-order valence-electron chi connectivity index (χ3n) is 1.80. The molecule has 0 spiro atoms. The normalized spacial score (nSPS) is 9.64. The Hall–Kier alpha value is -1.71. The van der Waals surface area contributed by atoms with Crippen LogP contribution in [-0.2, 0) is 0 Å². The highest BCUT2D eigenvalue weighted by Crippen LogP contribution is 2.23. The molecule has 0 aliphatic rings. The summed E-state index contributed by atoms with van der Waals surface area (Å²) in [6.07, 6.45) is 0.433. The lowest BCUT2D eigenvalue weighted by Gasteiger charge is -2.07. The average molecular weight is 196 g/mol. The Labute approximate surface area is 80.5 Å². The Balaban J connectivity index is 3.48. The molecule has 0 atom stereocenters. The second kappa shape index (κ2) is 4.00. The van der Waals surface area contributed by atoms with Crippen LogP contribution in [0.4, 0.5) is 4.39 Å². The number of hydrogen-bond acceptors (Lipinski definition) is 3. The fraction of sp³-hybridized carbons (Fsp3) is 0.200. The number of Topliss-reactive ketones (excluding diaryl/α,β-unsaturated/α-hetero) is 1. The zero-order valence-corrected chi connectivity index (χ0v) is 7.83. The minimum Gasteiger partial charge on any atom is -0.496 e. The van der Waals surface area contributed by atoms with E-state index in [-0.39, 0.29) is 22.7 Å². The molecule has 0 saturated heterocycles. The maximum absolute atomic E-state index is 12.9. The standard InChI is InChI=1S/C10H9FO3/c1-6(13)10-7(5-12)3-8(11)4-9(10)14-2/h3-5H,1-2H3. The van der Waals surface area contributed by atoms with Gasteiger partial charge in [0.25, 0.3) is 0 Å². The lowest BCUT2D eigenvalue weighted by Crippen LogP contribution is -2.03. The number of carbonyl (C=O) groups is 2. The first-order valence-electron chi connectivity index (χ1n) is 3.93. The van der Waals surface area contributed by atoms with Gasteiger partial charge in [0.15, 0.2) is 12.1 Å². The molecule has 0 N–H and O–H groups in total. The second-order valence-corrected chi connectivity index (χ2v) is 2.75. The molecule has 0 heterocycles. The molecular formula is C10H9FO3. The summed E-state index contributed by atoms with van der Waals surface area (Å²) in [6, 6.07) is 2.08. The molecule has 1 aromatic rings. The maximum atomic E-state index is 12.9. The predicted molar refractivity (Wildman–Crippen MR) is 48.3 cm³/mol. The van der Waals surface area contributed by atoms with Crippen molar-refractivity contribution in [3.05, 3.63) is 29.1 Å². The van der Waals surface area contributed by atoms with Gasteiger partial charge in [-0.05, 0) is 13.0 Å². The Morgan fingerprint density at radius 3 is 2.57 bits per heavy atom. The fourth-order valence-electron chi connectivity index (χ4n) is 1.23. The predicted octanol–water partition coefficient (Wildman–Crippen LogP) is 1.85. The number of ketones is 1. The van der Waals surface area contributed by atoms with Crippen LogP contribution in [0.2, 0.25) is 0 Å². The first-order valence-corrected chi connectivity index (χ1v) is 3.93. The van der Waals surface area contributed by atoms with Crippen molar-refractivity contribution in [3.8, 4) is 5.75 Å². The van der Waals surface area contributed by atoms with E-state index >= 15 is 0 Å². The third kappa shape index (κ3) is 1.79. The molecular weight excluding hydrogens is 187 g/mol. The van der Waals surface area contributed by atoms with Crippen LogP contribution >= 0.6 is 0 Å². The highest BCUT2D eigenvalue weighted by molar-refractivity contribution is 6.03. The lowest BCUT2D eigenvalue weighted by molar-refractivity contribution is 0.100. The number of aldehydes is 1. The zero-order chi connectivity index (χ0) is 10.7. The van der Waals surface area contributed by atoms with Crippen LogP contribution in [-0.4, -0.2) is 19.2 Å². The van der Waals surface area contributed by atoms with Crippen LogP contribution in [0, 0.1) is 5.82 Å². The Bertz CT molecular complexity index is 385. The first-order chi connectivity index (χ1) is 6.60. The van der Waals surface area contributed by atoms with E-state index in [9.17, 15) is 14.0 Å². The number of benzene rings is 1. The summed E-state index contributed by atoms with van der Waals surface area (Å²) < 4.78 is 17.7. The van der Waals surface area contributed by atoms with Gasteiger partial charge in [-0.3, -0.25) is 9.59 Å². The summed E-state index contributed by atoms with van der Waals surface area (Å²) in [4.78, 5) is 21.7. The van der Waals surface area contributed by atoms with E-state index in [0.717, 1.165) is 12.1 Å². The SMILES string of the molecule is COc1cc(F)cc(C=O)c1C(C)=O. The molecule has 74 valence electrons. The third-order valence-corrected chi connectivity index (χ3v) is 1.80. The lowest BCUT2D eigenvalue weighted by atomic mass is 10.0. The minimum absolute atomic E-state index is 0.00866. The molecule has 0 bridgehead atoms. The van der Waals surface area contributed by atoms with Crippen LogP contribution < -0.4 is 4.74 Å². The van der Waals surface area contributed by atoms with Gasteiger partial charge in [-0.15, -0.1) is 0 Å². The molecule has 4 heteroatoms. The Kier molecular flexibility index (Phi) is 2.96. The first kappa shape index (κ1) is 10.4. The van der Waals surface area contributed by atoms with Gasteiger partial charge < -0.3 is 4.74 Å². The maximum Gasteiger partial charge on any atom is 0.164 e. The highest BCUT2D eigenvalue weighted by atomic mass is 19.1. The summed E-state index contributed by atoms with van der Waals surface area (Å²) >= 11 is 0. The van der Waals surface area contributed by atoms with Gasteiger partial charge in [-0.1, -0.05) is 0 Å². The monoisotopic (exact) mass is 196 g/mol. The van der Waals surface area contributed by atoms with Crippen molar-refractivity contribution in [2.45, 2.75) is 6.92 Å². The zero-order valence-electron chi connectivity index (χ0n) is 7.83. The molecule has 1 aromatic carbocycles. The summed E-state index contributed by atoms with van der Waals surface area (Å²) in [6.45, 7) is 1.29. The largest absolute Gasteiger partial charge is 0.496 e. The van der Waals surface area contributed by atoms with E-state index < -0.39 is 5.82 Å². The molecule has 0 aliphatic heterocycles. The van der Waals surface area contributed by atoms with Crippen molar-refractivity contribution < 1.29 is 18.7 Å². The summed E-state index contributed by atoms with van der Waals surface area (Å²) in [5, 5.41) is 0. The molecule has 0 radical (unpaired) electrons. The minimum atomic E-state index is -0.603. The highest BCUT2D eigenvalue weighted by Gasteiger charge is 2.15. The van der Waals surface area contributed by atoms with Crippen molar-refractivity contribution >= 4 is 12.1 Å². The molecule has 0 aromatic heterocycles. The van der Waals surface area contributed by atoms with Crippen molar-refractivity contribution in [2.24, 2.45) is 0 Å². The summed E-state index contributed by atoms with van der Waals surface area (Å²) in [5.74, 6) is -0.850. The number of rotatable bonds is 3. The molecule has 0 fully saturated rings. The van der Waals surface area contributed by atoms with Gasteiger partial charge in [-0.25, -0.2) is 4.39 Å². The smallest absolute Gasteiger partial charge is 0.164 e. The quantitative estimate of drug-likeness (QED) is 0.547. The van der Waals surface area contributed by atoms with Crippen LogP contribution in [0.1, 0.15) is 27.6 Å². The van der Waals surface area contributed by atoms with Crippen LogP contribution in [0.15, 0.2) is 12.1 Å². The Morgan fingerprint density at radius 2 is 2.14 bits per heavy atom. The fourth-order valence-corrected chi connectivity index (χ4v) is 1.23. The van der Waals surface area contributed by atoms with E-state index in [0.29, 0.717) is 6.29 Å². The van der Waals surface area contributed by atoms with Gasteiger partial charge in [0, 0.05) is 11.6 Å². The summed E-state index contributed by atoms with van der Waals surface area (Å²) in [5.41, 5.74) is 0.123. The van der Waals surface area contributed by atoms with Crippen LogP contribution in [0.25, 0.3) is 0 Å². The van der Waals surface area contributed by atoms with E-state index in [1.54, 1.807) is 0 Å². The molecule has 3 nitrogen and oxygen atoms in total. The van der Waals surface area contributed by atoms with E-state index in [4.69, 9.17) is 4.74 Å². The number of hydrogen-bond donors (Lipinski definition) is 0. The Morgan fingerprint density at radius 1 is 1.50 bits per heavy atom. The molecule has 1 rings (SSSR count). The van der Waals surface area contributed by atoms with E-state index in [2.05, 4.69) is 0 Å². The van der Waals surface area contributed by atoms with Crippen molar-refractivity contribution in [1.29, 1.82) is 0 Å². The molecule has 0 unspecified atom stereocenters. The average Bonchev–Trinajstić information content (AvgIpc) is 2.15. The van der Waals surface area contributed by atoms with Crippen molar-refractivity contribution in [1.82, 2.24) is 0 Å². The van der Waals surface area contributed by atoms with E-state index in [1.165, 1.54) is 14.0 Å². The van der Waals surface area contributed by atoms with E-state index in [1.807, 2.05) is 0 Å². The molecule has 0 amide bonds.